The highest BCUT2D eigenvalue weighted by molar-refractivity contribution is 5.58. The van der Waals surface area contributed by atoms with Crippen molar-refractivity contribution in [2.24, 2.45) is 21.1 Å². The van der Waals surface area contributed by atoms with E-state index in [2.05, 4.69) is 15.1 Å². The van der Waals surface area contributed by atoms with Crippen LogP contribution in [0.1, 0.15) is 0 Å². The predicted molar refractivity (Wildman–Crippen MR) is 77.6 cm³/mol. The minimum atomic E-state index is -0.668. The molecule has 112 valence electrons. The van der Waals surface area contributed by atoms with E-state index in [1.807, 2.05) is 0 Å². The molecule has 1 aromatic rings. The molecule has 0 amide bonds. The zero-order valence-electron chi connectivity index (χ0n) is 12.1. The summed E-state index contributed by atoms with van der Waals surface area (Å²) in [5.41, 5.74) is -0.940. The summed E-state index contributed by atoms with van der Waals surface area (Å²) in [4.78, 5) is 43.4. The third-order valence-corrected chi connectivity index (χ3v) is 3.34. The second-order valence-corrected chi connectivity index (χ2v) is 4.85. The van der Waals surface area contributed by atoms with E-state index in [0.717, 1.165) is 4.57 Å². The number of aromatic nitrogens is 6. The first kappa shape index (κ1) is 13.9. The topological polar surface area (TPSA) is 105 Å². The number of hydrogen-bond acceptors (Lipinski definition) is 6. The van der Waals surface area contributed by atoms with Gasteiger partial charge in [-0.2, -0.15) is 10.1 Å². The fourth-order valence-corrected chi connectivity index (χ4v) is 2.01. The summed E-state index contributed by atoms with van der Waals surface area (Å²) in [5.74, 6) is 0.311. The van der Waals surface area contributed by atoms with E-state index in [4.69, 9.17) is 0 Å². The van der Waals surface area contributed by atoms with E-state index in [9.17, 15) is 14.4 Å². The highest BCUT2D eigenvalue weighted by Crippen LogP contribution is 2.16. The normalized spacial score (nSPS) is 11.0. The Hall–Kier alpha value is -3.10. The maximum Gasteiger partial charge on any atom is 0.352 e. The van der Waals surface area contributed by atoms with Gasteiger partial charge in [0, 0.05) is 39.0 Å². The van der Waals surface area contributed by atoms with Crippen LogP contribution in [-0.2, 0) is 21.1 Å². The van der Waals surface area contributed by atoms with Gasteiger partial charge in [-0.05, 0) is 6.07 Å². The van der Waals surface area contributed by atoms with Crippen LogP contribution >= 0.6 is 0 Å². The molecule has 0 bridgehead atoms. The molecular formula is C13H12N6O3. The maximum atomic E-state index is 12.2. The predicted octanol–water partition coefficient (Wildman–Crippen LogP) is -1.26. The lowest BCUT2D eigenvalue weighted by molar-refractivity contribution is 0.678. The maximum absolute atomic E-state index is 12.2. The van der Waals surface area contributed by atoms with Gasteiger partial charge < -0.3 is 4.57 Å². The molecule has 0 aliphatic carbocycles. The van der Waals surface area contributed by atoms with Crippen LogP contribution in [0, 0.1) is 0 Å². The summed E-state index contributed by atoms with van der Waals surface area (Å²) < 4.78 is 3.59. The Morgan fingerprint density at radius 1 is 1.05 bits per heavy atom. The number of aryl methyl sites for hydroxylation is 2. The number of hydrogen-bond donors (Lipinski definition) is 0. The van der Waals surface area contributed by atoms with Crippen LogP contribution in [-0.4, -0.2) is 28.9 Å². The summed E-state index contributed by atoms with van der Waals surface area (Å²) in [6, 6.07) is 3.05. The molecule has 0 N–H and O–H groups in total. The molecule has 0 fully saturated rings. The summed E-state index contributed by atoms with van der Waals surface area (Å²) in [7, 11) is 4.51. The van der Waals surface area contributed by atoms with Gasteiger partial charge >= 0.3 is 5.69 Å². The van der Waals surface area contributed by atoms with E-state index >= 15 is 0 Å². The van der Waals surface area contributed by atoms with Gasteiger partial charge in [-0.15, -0.1) is 0 Å². The number of rotatable bonds is 1. The molecule has 1 aromatic heterocycles. The van der Waals surface area contributed by atoms with Crippen LogP contribution in [0.2, 0.25) is 0 Å². The standard InChI is InChI=1S/C13H12N6O3/c1-17-5-4-7(6-8(17)20)10-14-9-11(19(3)16-10)15-13(22)18(2)12(9)21/h4-6H,1-3H3. The van der Waals surface area contributed by atoms with Crippen LogP contribution in [0.15, 0.2) is 32.7 Å². The van der Waals surface area contributed by atoms with Crippen molar-refractivity contribution in [2.45, 2.75) is 0 Å². The summed E-state index contributed by atoms with van der Waals surface area (Å²) in [6.07, 6.45) is 1.59. The quantitative estimate of drug-likeness (QED) is 0.555. The Morgan fingerprint density at radius 2 is 1.77 bits per heavy atom. The van der Waals surface area contributed by atoms with Gasteiger partial charge in [-0.1, -0.05) is 0 Å². The summed E-state index contributed by atoms with van der Waals surface area (Å²) in [6.45, 7) is 0. The second-order valence-electron chi connectivity index (χ2n) is 4.85. The van der Waals surface area contributed by atoms with Crippen molar-refractivity contribution in [1.29, 1.82) is 0 Å². The summed E-state index contributed by atoms with van der Waals surface area (Å²) in [5, 5.41) is 4.16. The Morgan fingerprint density at radius 3 is 2.45 bits per heavy atom. The Balaban J connectivity index is 2.36. The lowest BCUT2D eigenvalue weighted by atomic mass is 10.2. The molecule has 2 aliphatic heterocycles. The molecule has 0 saturated heterocycles. The first-order valence-electron chi connectivity index (χ1n) is 6.37. The molecular weight excluding hydrogens is 288 g/mol. The molecule has 0 radical (unpaired) electrons. The van der Waals surface area contributed by atoms with Crippen LogP contribution in [0.25, 0.3) is 22.9 Å². The van der Waals surface area contributed by atoms with Gasteiger partial charge in [-0.25, -0.2) is 14.5 Å². The van der Waals surface area contributed by atoms with Gasteiger partial charge in [-0.3, -0.25) is 14.2 Å². The lowest BCUT2D eigenvalue weighted by Crippen LogP contribution is -2.36. The van der Waals surface area contributed by atoms with Crippen molar-refractivity contribution in [3.05, 3.63) is 49.5 Å². The average molecular weight is 300 g/mol. The lowest BCUT2D eigenvalue weighted by Gasteiger charge is -2.11. The molecule has 0 spiro atoms. The Labute approximate surface area is 123 Å². The summed E-state index contributed by atoms with van der Waals surface area (Å²) >= 11 is 0. The van der Waals surface area contributed by atoms with Crippen molar-refractivity contribution in [3.63, 3.8) is 0 Å². The first-order valence-corrected chi connectivity index (χ1v) is 6.37. The largest absolute Gasteiger partial charge is 0.352 e. The van der Waals surface area contributed by atoms with Gasteiger partial charge in [0.15, 0.2) is 17.3 Å². The van der Waals surface area contributed by atoms with E-state index in [-0.39, 0.29) is 22.9 Å². The van der Waals surface area contributed by atoms with E-state index < -0.39 is 11.2 Å². The highest BCUT2D eigenvalue weighted by atomic mass is 16.2. The van der Waals surface area contributed by atoms with Crippen molar-refractivity contribution in [2.75, 3.05) is 0 Å². The van der Waals surface area contributed by atoms with Gasteiger partial charge in [0.1, 0.15) is 0 Å². The molecule has 9 nitrogen and oxygen atoms in total. The molecule has 0 aromatic carbocycles. The number of nitrogens with zero attached hydrogens (tertiary/aromatic N) is 6. The smallest absolute Gasteiger partial charge is 0.319 e. The fourth-order valence-electron chi connectivity index (χ4n) is 2.01. The zero-order chi connectivity index (χ0) is 16.0. The Bertz CT molecular complexity index is 1030. The SMILES string of the molecule is Cn1nc(-c2ccn(C)c(=O)c2)nc2c(=O)n(C)c(=O)nc1-2. The van der Waals surface area contributed by atoms with Crippen LogP contribution in [0.3, 0.4) is 0 Å². The van der Waals surface area contributed by atoms with E-state index in [1.165, 1.54) is 22.4 Å². The first-order chi connectivity index (χ1) is 10.4. The minimum Gasteiger partial charge on any atom is -0.319 e. The molecule has 0 unspecified atom stereocenters. The van der Waals surface area contributed by atoms with Crippen molar-refractivity contribution in [3.8, 4) is 22.9 Å². The minimum absolute atomic E-state index is 0.0234. The van der Waals surface area contributed by atoms with Gasteiger partial charge in [0.2, 0.25) is 0 Å². The van der Waals surface area contributed by atoms with Crippen molar-refractivity contribution >= 4 is 0 Å². The highest BCUT2D eigenvalue weighted by Gasteiger charge is 2.19. The molecule has 9 heteroatoms. The second kappa shape index (κ2) is 4.72. The number of fused-ring (bicyclic) bond motifs is 1. The Kier molecular flexibility index (Phi) is 2.98. The van der Waals surface area contributed by atoms with Crippen molar-refractivity contribution in [1.82, 2.24) is 28.9 Å². The van der Waals surface area contributed by atoms with Crippen LogP contribution < -0.4 is 16.8 Å². The average Bonchev–Trinajstić information content (AvgIpc) is 2.49. The molecule has 0 atom stereocenters. The monoisotopic (exact) mass is 300 g/mol. The fraction of sp³-hybridized carbons (Fsp3) is 0.231. The van der Waals surface area contributed by atoms with Crippen LogP contribution in [0.5, 0.6) is 0 Å². The molecule has 22 heavy (non-hydrogen) atoms. The molecule has 2 aliphatic rings. The molecule has 3 rings (SSSR count). The van der Waals surface area contributed by atoms with Crippen molar-refractivity contribution < 1.29 is 0 Å². The number of pyridine rings is 1. The van der Waals surface area contributed by atoms with E-state index in [1.54, 1.807) is 26.4 Å². The third kappa shape index (κ3) is 2.03. The molecule has 3 heterocycles. The van der Waals surface area contributed by atoms with Gasteiger partial charge in [0.05, 0.1) is 0 Å². The third-order valence-electron chi connectivity index (χ3n) is 3.34. The van der Waals surface area contributed by atoms with E-state index in [0.29, 0.717) is 5.56 Å². The zero-order valence-corrected chi connectivity index (χ0v) is 12.1. The molecule has 0 saturated carbocycles. The van der Waals surface area contributed by atoms with Crippen LogP contribution in [0.4, 0.5) is 0 Å². The van der Waals surface area contributed by atoms with Gasteiger partial charge in [0.25, 0.3) is 11.1 Å².